The number of benzene rings is 1. The maximum absolute atomic E-state index is 11.8. The molecule has 11 heteroatoms. The molecule has 0 heterocycles. The number of phenolic OH excluding ortho intramolecular Hbond substituents is 1. The molecule has 0 amide bonds. The van der Waals surface area contributed by atoms with Gasteiger partial charge >= 0.3 is 23.9 Å². The Bertz CT molecular complexity index is 783. The lowest BCUT2D eigenvalue weighted by Crippen LogP contribution is -2.56. The third-order valence-electron chi connectivity index (χ3n) is 3.30. The van der Waals surface area contributed by atoms with Crippen molar-refractivity contribution >= 4 is 30.0 Å². The van der Waals surface area contributed by atoms with Crippen LogP contribution in [-0.4, -0.2) is 68.2 Å². The summed E-state index contributed by atoms with van der Waals surface area (Å²) < 4.78 is 9.31. The van der Waals surface area contributed by atoms with Crippen LogP contribution < -0.4 is 4.74 Å². The number of aliphatic carboxylic acids is 3. The summed E-state index contributed by atoms with van der Waals surface area (Å²) in [6.07, 6.45) is -2.31. The summed E-state index contributed by atoms with van der Waals surface area (Å²) in [5, 5.41) is 46.1. The molecule has 0 fully saturated rings. The Labute approximate surface area is 151 Å². The van der Waals surface area contributed by atoms with Crippen molar-refractivity contribution in [2.24, 2.45) is 0 Å². The van der Waals surface area contributed by atoms with Crippen LogP contribution in [0.5, 0.6) is 11.5 Å². The average molecular weight is 384 g/mol. The van der Waals surface area contributed by atoms with Crippen molar-refractivity contribution in [2.45, 2.75) is 18.1 Å². The molecule has 0 aromatic heterocycles. The van der Waals surface area contributed by atoms with Crippen LogP contribution >= 0.6 is 0 Å². The Morgan fingerprint density at radius 3 is 2.30 bits per heavy atom. The van der Waals surface area contributed by atoms with Crippen LogP contribution in [0.3, 0.4) is 0 Å². The zero-order valence-electron chi connectivity index (χ0n) is 13.9. The summed E-state index contributed by atoms with van der Waals surface area (Å²) in [5.74, 6) is -7.46. The van der Waals surface area contributed by atoms with E-state index in [1.54, 1.807) is 0 Å². The van der Waals surface area contributed by atoms with E-state index in [2.05, 4.69) is 4.74 Å². The SMILES string of the molecule is COc1cc(C=CC(=O)O[C@H](C(=O)O)[C@@](O)(CC(=O)O)C(=O)O)ccc1O. The molecular formula is C16H16O11. The molecule has 0 radical (unpaired) electrons. The second-order valence-electron chi connectivity index (χ2n) is 5.22. The van der Waals surface area contributed by atoms with Crippen LogP contribution in [0.4, 0.5) is 0 Å². The largest absolute Gasteiger partial charge is 0.504 e. The predicted molar refractivity (Wildman–Crippen MR) is 86.0 cm³/mol. The van der Waals surface area contributed by atoms with Crippen molar-refractivity contribution in [3.05, 3.63) is 29.8 Å². The molecule has 0 bridgehead atoms. The molecular weight excluding hydrogens is 368 g/mol. The number of ether oxygens (including phenoxy) is 2. The molecule has 1 aromatic carbocycles. The fourth-order valence-electron chi connectivity index (χ4n) is 1.98. The van der Waals surface area contributed by atoms with Crippen LogP contribution in [-0.2, 0) is 23.9 Å². The number of carbonyl (C=O) groups is 4. The van der Waals surface area contributed by atoms with Crippen molar-refractivity contribution in [1.82, 2.24) is 0 Å². The molecule has 0 aliphatic carbocycles. The molecule has 0 saturated heterocycles. The molecule has 2 atom stereocenters. The van der Waals surface area contributed by atoms with Gasteiger partial charge in [-0.3, -0.25) is 4.79 Å². The number of hydrogen-bond donors (Lipinski definition) is 5. The summed E-state index contributed by atoms with van der Waals surface area (Å²) in [6, 6.07) is 3.99. The zero-order valence-corrected chi connectivity index (χ0v) is 13.9. The first-order chi connectivity index (χ1) is 12.5. The van der Waals surface area contributed by atoms with E-state index in [4.69, 9.17) is 20.1 Å². The summed E-state index contributed by atoms with van der Waals surface area (Å²) in [4.78, 5) is 44.9. The number of aliphatic hydroxyl groups is 1. The number of hydrogen-bond acceptors (Lipinski definition) is 8. The number of carbonyl (C=O) groups excluding carboxylic acids is 1. The van der Waals surface area contributed by atoms with Gasteiger partial charge in [-0.2, -0.15) is 0 Å². The van der Waals surface area contributed by atoms with Crippen molar-refractivity contribution in [3.8, 4) is 11.5 Å². The summed E-state index contributed by atoms with van der Waals surface area (Å²) >= 11 is 0. The fraction of sp³-hybridized carbons (Fsp3) is 0.250. The molecule has 0 aliphatic rings. The molecule has 146 valence electrons. The van der Waals surface area contributed by atoms with E-state index in [0.717, 1.165) is 12.2 Å². The normalized spacial score (nSPS) is 14.1. The third kappa shape index (κ3) is 5.44. The van der Waals surface area contributed by atoms with E-state index in [1.807, 2.05) is 0 Å². The first kappa shape index (κ1) is 21.4. The topological polar surface area (TPSA) is 188 Å². The maximum Gasteiger partial charge on any atom is 0.348 e. The van der Waals surface area contributed by atoms with Gasteiger partial charge < -0.3 is 35.0 Å². The molecule has 0 spiro atoms. The quantitative estimate of drug-likeness (QED) is 0.278. The number of rotatable bonds is 9. The lowest BCUT2D eigenvalue weighted by Gasteiger charge is -2.27. The lowest BCUT2D eigenvalue weighted by molar-refractivity contribution is -0.195. The van der Waals surface area contributed by atoms with Crippen LogP contribution in [0, 0.1) is 0 Å². The standard InChI is InChI=1S/C16H16O11/c1-26-10-6-8(2-4-9(10)17)3-5-12(20)27-13(14(21)22)16(25,15(23)24)7-11(18)19/h2-6,13,17,25H,7H2,1H3,(H,18,19)(H,21,22)(H,23,24)/t13-,16+/m1/s1. The Balaban J connectivity index is 3.03. The number of aromatic hydroxyl groups is 1. The van der Waals surface area contributed by atoms with Crippen molar-refractivity contribution in [1.29, 1.82) is 0 Å². The van der Waals surface area contributed by atoms with Gasteiger partial charge in [-0.05, 0) is 23.8 Å². The molecule has 0 aliphatic heterocycles. The minimum Gasteiger partial charge on any atom is -0.504 e. The van der Waals surface area contributed by atoms with Crippen LogP contribution in [0.25, 0.3) is 6.08 Å². The van der Waals surface area contributed by atoms with Crippen molar-refractivity contribution in [3.63, 3.8) is 0 Å². The fourth-order valence-corrected chi connectivity index (χ4v) is 1.98. The van der Waals surface area contributed by atoms with Gasteiger partial charge in [0.1, 0.15) is 0 Å². The van der Waals surface area contributed by atoms with Crippen LogP contribution in [0.2, 0.25) is 0 Å². The smallest absolute Gasteiger partial charge is 0.348 e. The summed E-state index contributed by atoms with van der Waals surface area (Å²) in [6.45, 7) is 0. The van der Waals surface area contributed by atoms with Gasteiger partial charge in [0, 0.05) is 6.08 Å². The highest BCUT2D eigenvalue weighted by Gasteiger charge is 2.52. The molecule has 11 nitrogen and oxygen atoms in total. The minimum absolute atomic E-state index is 0.0932. The third-order valence-corrected chi connectivity index (χ3v) is 3.30. The van der Waals surface area contributed by atoms with Crippen molar-refractivity contribution < 1.29 is 54.2 Å². The second kappa shape index (κ2) is 8.67. The number of methoxy groups -OCH3 is 1. The molecule has 5 N–H and O–H groups in total. The van der Waals surface area contributed by atoms with Gasteiger partial charge in [0.05, 0.1) is 13.5 Å². The van der Waals surface area contributed by atoms with Crippen molar-refractivity contribution in [2.75, 3.05) is 7.11 Å². The highest BCUT2D eigenvalue weighted by Crippen LogP contribution is 2.27. The Hall–Kier alpha value is -3.60. The number of phenols is 1. The van der Waals surface area contributed by atoms with Gasteiger partial charge in [0.15, 0.2) is 11.5 Å². The van der Waals surface area contributed by atoms with E-state index < -0.39 is 42.0 Å². The van der Waals surface area contributed by atoms with Gasteiger partial charge in [-0.1, -0.05) is 6.07 Å². The summed E-state index contributed by atoms with van der Waals surface area (Å²) in [5.41, 5.74) is -3.03. The van der Waals surface area contributed by atoms with Gasteiger partial charge in [0.2, 0.25) is 11.7 Å². The first-order valence-corrected chi connectivity index (χ1v) is 7.17. The molecule has 27 heavy (non-hydrogen) atoms. The zero-order chi connectivity index (χ0) is 20.8. The van der Waals surface area contributed by atoms with E-state index in [-0.39, 0.29) is 11.5 Å². The second-order valence-corrected chi connectivity index (χ2v) is 5.22. The highest BCUT2D eigenvalue weighted by molar-refractivity contribution is 5.94. The Morgan fingerprint density at radius 1 is 1.19 bits per heavy atom. The average Bonchev–Trinajstić information content (AvgIpc) is 2.57. The highest BCUT2D eigenvalue weighted by atomic mass is 16.6. The molecule has 0 saturated carbocycles. The monoisotopic (exact) mass is 384 g/mol. The van der Waals surface area contributed by atoms with E-state index in [9.17, 15) is 29.4 Å². The Kier molecular flexibility index (Phi) is 6.88. The Morgan fingerprint density at radius 2 is 1.81 bits per heavy atom. The van der Waals surface area contributed by atoms with Crippen LogP contribution in [0.15, 0.2) is 24.3 Å². The number of esters is 1. The maximum atomic E-state index is 11.8. The van der Waals surface area contributed by atoms with E-state index >= 15 is 0 Å². The van der Waals surface area contributed by atoms with E-state index in [1.165, 1.54) is 25.3 Å². The lowest BCUT2D eigenvalue weighted by atomic mass is 9.92. The van der Waals surface area contributed by atoms with E-state index in [0.29, 0.717) is 5.56 Å². The molecule has 0 unspecified atom stereocenters. The number of carboxylic acids is 3. The minimum atomic E-state index is -3.37. The molecule has 1 aromatic rings. The summed E-state index contributed by atoms with van der Waals surface area (Å²) in [7, 11) is 1.30. The van der Waals surface area contributed by atoms with Gasteiger partial charge in [-0.25, -0.2) is 14.4 Å². The van der Waals surface area contributed by atoms with Crippen LogP contribution in [0.1, 0.15) is 12.0 Å². The number of carboxylic acid groups (broad SMARTS) is 3. The first-order valence-electron chi connectivity index (χ1n) is 7.17. The van der Waals surface area contributed by atoms with Gasteiger partial charge in [0.25, 0.3) is 0 Å². The predicted octanol–water partition coefficient (Wildman–Crippen LogP) is -0.299. The molecule has 1 rings (SSSR count). The van der Waals surface area contributed by atoms with Gasteiger partial charge in [-0.15, -0.1) is 0 Å².